The van der Waals surface area contributed by atoms with Gasteiger partial charge in [0.15, 0.2) is 16.6 Å². The second-order valence-electron chi connectivity index (χ2n) is 6.18. The molecule has 26 heavy (non-hydrogen) atoms. The number of thiocarbonyl (C=S) groups is 1. The highest BCUT2D eigenvalue weighted by Crippen LogP contribution is 2.33. The number of rotatable bonds is 8. The number of benzene rings is 1. The zero-order valence-electron chi connectivity index (χ0n) is 15.7. The SMILES string of the molecule is CCOC(=O)CNC(=S)N(Cc1cccc(OC)c1OC)C1CCCC1. The average Bonchev–Trinajstić information content (AvgIpc) is 3.18. The van der Waals surface area contributed by atoms with Gasteiger partial charge in [0, 0.05) is 18.2 Å². The molecule has 0 saturated heterocycles. The second kappa shape index (κ2) is 10.2. The first-order valence-electron chi connectivity index (χ1n) is 9.00. The third kappa shape index (κ3) is 5.24. The molecule has 0 spiro atoms. The highest BCUT2D eigenvalue weighted by atomic mass is 32.1. The van der Waals surface area contributed by atoms with Crippen molar-refractivity contribution in [1.82, 2.24) is 10.2 Å². The van der Waals surface area contributed by atoms with Gasteiger partial charge in [-0.1, -0.05) is 25.0 Å². The Kier molecular flexibility index (Phi) is 7.97. The minimum atomic E-state index is -0.305. The molecule has 0 aliphatic heterocycles. The zero-order chi connectivity index (χ0) is 18.9. The van der Waals surface area contributed by atoms with Gasteiger partial charge in [0.1, 0.15) is 6.54 Å². The molecule has 0 bridgehead atoms. The minimum absolute atomic E-state index is 0.0745. The van der Waals surface area contributed by atoms with Crippen LogP contribution >= 0.6 is 12.2 Å². The van der Waals surface area contributed by atoms with Gasteiger partial charge in [-0.3, -0.25) is 4.79 Å². The van der Waals surface area contributed by atoms with Crippen LogP contribution in [0.25, 0.3) is 0 Å². The van der Waals surface area contributed by atoms with Gasteiger partial charge in [-0.05, 0) is 38.0 Å². The molecule has 0 amide bonds. The Morgan fingerprint density at radius 1 is 1.27 bits per heavy atom. The fraction of sp³-hybridized carbons (Fsp3) is 0.579. The van der Waals surface area contributed by atoms with Crippen molar-refractivity contribution < 1.29 is 19.0 Å². The van der Waals surface area contributed by atoms with Gasteiger partial charge in [0.05, 0.1) is 20.8 Å². The predicted octanol–water partition coefficient (Wildman–Crippen LogP) is 2.89. The van der Waals surface area contributed by atoms with Gasteiger partial charge in [0.25, 0.3) is 0 Å². The maximum absolute atomic E-state index is 11.6. The highest BCUT2D eigenvalue weighted by Gasteiger charge is 2.26. The van der Waals surface area contributed by atoms with Crippen LogP contribution in [0.3, 0.4) is 0 Å². The number of hydrogen-bond donors (Lipinski definition) is 1. The predicted molar refractivity (Wildman–Crippen MR) is 105 cm³/mol. The molecule has 0 unspecified atom stereocenters. The quantitative estimate of drug-likeness (QED) is 0.550. The molecule has 1 fully saturated rings. The molecule has 7 heteroatoms. The second-order valence-corrected chi connectivity index (χ2v) is 6.57. The summed E-state index contributed by atoms with van der Waals surface area (Å²) in [6, 6.07) is 6.18. The van der Waals surface area contributed by atoms with E-state index in [1.807, 2.05) is 18.2 Å². The number of methoxy groups -OCH3 is 2. The van der Waals surface area contributed by atoms with Crippen LogP contribution in [0, 0.1) is 0 Å². The van der Waals surface area contributed by atoms with Crippen molar-refractivity contribution in [2.45, 2.75) is 45.2 Å². The lowest BCUT2D eigenvalue weighted by Crippen LogP contribution is -2.46. The Morgan fingerprint density at radius 2 is 2.00 bits per heavy atom. The van der Waals surface area contributed by atoms with E-state index in [9.17, 15) is 4.79 Å². The number of ether oxygens (including phenoxy) is 3. The van der Waals surface area contributed by atoms with E-state index in [0.29, 0.717) is 35.8 Å². The monoisotopic (exact) mass is 380 g/mol. The molecule has 2 rings (SSSR count). The lowest BCUT2D eigenvalue weighted by atomic mass is 10.1. The van der Waals surface area contributed by atoms with Crippen LogP contribution in [0.4, 0.5) is 0 Å². The van der Waals surface area contributed by atoms with Crippen LogP contribution in [-0.4, -0.2) is 49.4 Å². The summed E-state index contributed by atoms with van der Waals surface area (Å²) in [5.41, 5.74) is 0.999. The van der Waals surface area contributed by atoms with Crippen molar-refractivity contribution in [2.24, 2.45) is 0 Å². The molecule has 1 aromatic carbocycles. The normalized spacial score (nSPS) is 14.0. The molecule has 144 valence electrons. The van der Waals surface area contributed by atoms with E-state index in [-0.39, 0.29) is 12.5 Å². The van der Waals surface area contributed by atoms with Gasteiger partial charge in [0.2, 0.25) is 0 Å². The standard InChI is InChI=1S/C19H28N2O4S/c1-4-25-17(22)12-20-19(26)21(15-9-5-6-10-15)13-14-8-7-11-16(23-2)18(14)24-3/h7-8,11,15H,4-6,9-10,12-13H2,1-3H3,(H,20,26). The number of nitrogens with zero attached hydrogens (tertiary/aromatic N) is 1. The van der Waals surface area contributed by atoms with Crippen molar-refractivity contribution in [2.75, 3.05) is 27.4 Å². The minimum Gasteiger partial charge on any atom is -0.493 e. The molecule has 6 nitrogen and oxygen atoms in total. The number of carbonyl (C=O) groups is 1. The van der Waals surface area contributed by atoms with Crippen LogP contribution < -0.4 is 14.8 Å². The molecular weight excluding hydrogens is 352 g/mol. The Hall–Kier alpha value is -2.02. The van der Waals surface area contributed by atoms with Crippen LogP contribution in [0.5, 0.6) is 11.5 Å². The van der Waals surface area contributed by atoms with Crippen molar-refractivity contribution in [1.29, 1.82) is 0 Å². The third-order valence-corrected chi connectivity index (χ3v) is 4.92. The number of hydrogen-bond acceptors (Lipinski definition) is 5. The topological polar surface area (TPSA) is 60.0 Å². The van der Waals surface area contributed by atoms with Crippen molar-refractivity contribution in [3.8, 4) is 11.5 Å². The molecule has 1 saturated carbocycles. The number of esters is 1. The molecule has 0 heterocycles. The summed E-state index contributed by atoms with van der Waals surface area (Å²) in [4.78, 5) is 13.8. The molecular formula is C19H28N2O4S. The van der Waals surface area contributed by atoms with Crippen molar-refractivity contribution in [3.63, 3.8) is 0 Å². The summed E-state index contributed by atoms with van der Waals surface area (Å²) in [6.07, 6.45) is 4.56. The van der Waals surface area contributed by atoms with Gasteiger partial charge in [-0.2, -0.15) is 0 Å². The van der Waals surface area contributed by atoms with Crippen molar-refractivity contribution >= 4 is 23.3 Å². The number of para-hydroxylation sites is 1. The fourth-order valence-electron chi connectivity index (χ4n) is 3.31. The highest BCUT2D eigenvalue weighted by molar-refractivity contribution is 7.80. The van der Waals surface area contributed by atoms with Crippen LogP contribution in [-0.2, 0) is 16.1 Å². The average molecular weight is 381 g/mol. The lowest BCUT2D eigenvalue weighted by Gasteiger charge is -2.32. The van der Waals surface area contributed by atoms with E-state index in [1.54, 1.807) is 21.1 Å². The van der Waals surface area contributed by atoms with E-state index < -0.39 is 0 Å². The van der Waals surface area contributed by atoms with E-state index in [0.717, 1.165) is 18.4 Å². The first-order valence-corrected chi connectivity index (χ1v) is 9.41. The zero-order valence-corrected chi connectivity index (χ0v) is 16.6. The first kappa shape index (κ1) is 20.3. The molecule has 0 atom stereocenters. The Bertz CT molecular complexity index is 618. The molecule has 1 aromatic rings. The lowest BCUT2D eigenvalue weighted by molar-refractivity contribution is -0.141. The maximum atomic E-state index is 11.6. The third-order valence-electron chi connectivity index (χ3n) is 4.54. The molecule has 0 radical (unpaired) electrons. The van der Waals surface area contributed by atoms with Crippen LogP contribution in [0.15, 0.2) is 18.2 Å². The summed E-state index contributed by atoms with van der Waals surface area (Å²) in [5, 5.41) is 3.61. The largest absolute Gasteiger partial charge is 0.493 e. The Labute approximate surface area is 160 Å². The Morgan fingerprint density at radius 3 is 2.62 bits per heavy atom. The van der Waals surface area contributed by atoms with Gasteiger partial charge >= 0.3 is 5.97 Å². The van der Waals surface area contributed by atoms with E-state index in [1.165, 1.54) is 12.8 Å². The maximum Gasteiger partial charge on any atom is 0.325 e. The smallest absolute Gasteiger partial charge is 0.325 e. The fourth-order valence-corrected chi connectivity index (χ4v) is 3.59. The van der Waals surface area contributed by atoms with Gasteiger partial charge in [-0.15, -0.1) is 0 Å². The molecule has 1 aliphatic carbocycles. The van der Waals surface area contributed by atoms with Gasteiger partial charge < -0.3 is 24.4 Å². The summed E-state index contributed by atoms with van der Waals surface area (Å²) in [7, 11) is 3.26. The summed E-state index contributed by atoms with van der Waals surface area (Å²) in [6.45, 7) is 2.82. The van der Waals surface area contributed by atoms with E-state index in [4.69, 9.17) is 26.4 Å². The Balaban J connectivity index is 2.15. The number of nitrogens with one attached hydrogen (secondary N) is 1. The molecule has 1 N–H and O–H groups in total. The van der Waals surface area contributed by atoms with Crippen LogP contribution in [0.1, 0.15) is 38.2 Å². The first-order chi connectivity index (χ1) is 12.6. The van der Waals surface area contributed by atoms with E-state index in [2.05, 4.69) is 10.2 Å². The summed E-state index contributed by atoms with van der Waals surface area (Å²) >= 11 is 5.59. The molecule has 0 aromatic heterocycles. The molecule has 1 aliphatic rings. The van der Waals surface area contributed by atoms with Gasteiger partial charge in [-0.25, -0.2) is 0 Å². The van der Waals surface area contributed by atoms with E-state index >= 15 is 0 Å². The summed E-state index contributed by atoms with van der Waals surface area (Å²) < 4.78 is 15.9. The van der Waals surface area contributed by atoms with Crippen molar-refractivity contribution in [3.05, 3.63) is 23.8 Å². The number of carbonyl (C=O) groups excluding carboxylic acids is 1. The summed E-state index contributed by atoms with van der Waals surface area (Å²) in [5.74, 6) is 1.10. The van der Waals surface area contributed by atoms with Crippen LogP contribution in [0.2, 0.25) is 0 Å².